The summed E-state index contributed by atoms with van der Waals surface area (Å²) in [6.45, 7) is -1.44. The largest absolute Gasteiger partial charge is 0.748 e. The van der Waals surface area contributed by atoms with E-state index in [1.54, 1.807) is 19.1 Å². The third-order valence-electron chi connectivity index (χ3n) is 7.01. The summed E-state index contributed by atoms with van der Waals surface area (Å²) >= 11 is 0. The van der Waals surface area contributed by atoms with E-state index >= 15 is 0 Å². The Kier molecular flexibility index (Phi) is 14.8. The number of ether oxygens (including phenoxy) is 3. The molecule has 0 radical (unpaired) electrons. The zero-order valence-electron chi connectivity index (χ0n) is 26.8. The zero-order valence-corrected chi connectivity index (χ0v) is 28.8. The molecule has 0 saturated carbocycles. The molecule has 0 aliphatic rings. The molecule has 5 rings (SSSR count). The van der Waals surface area contributed by atoms with E-state index in [9.17, 15) is 14.4 Å². The van der Waals surface area contributed by atoms with Gasteiger partial charge >= 0.3 is 17.9 Å². The Labute approximate surface area is 292 Å². The molecule has 5 aromatic rings. The average molecular weight is 702 g/mol. The molecule has 48 heavy (non-hydrogen) atoms. The molecule has 5 aromatic carbocycles. The van der Waals surface area contributed by atoms with Gasteiger partial charge in [0.05, 0.1) is 26.5 Å². The van der Waals surface area contributed by atoms with Crippen molar-refractivity contribution in [3.8, 4) is 0 Å². The number of benzene rings is 3. The van der Waals surface area contributed by atoms with Gasteiger partial charge in [0.15, 0.2) is 5.71 Å². The number of carbonyl (C=O) groups is 3. The number of aliphatic imine (C=N–C) groups is 1. The van der Waals surface area contributed by atoms with E-state index in [0.29, 0.717) is 5.56 Å². The topological polar surface area (TPSA) is 91.3 Å². The number of esters is 3. The van der Waals surface area contributed by atoms with Crippen LogP contribution in [0.2, 0.25) is 0 Å². The maximum absolute atomic E-state index is 14.1. The molecular weight excluding hydrogens is 665 g/mol. The Bertz CT molecular complexity index is 1730. The first-order valence-corrected chi connectivity index (χ1v) is 16.7. The van der Waals surface area contributed by atoms with Gasteiger partial charge in [-0.15, -0.1) is 23.8 Å². The smallest absolute Gasteiger partial charge is 0.356 e. The molecule has 0 aromatic heterocycles. The van der Waals surface area contributed by atoms with Gasteiger partial charge in [-0.05, 0) is 29.7 Å². The fourth-order valence-electron chi connectivity index (χ4n) is 5.00. The minimum Gasteiger partial charge on any atom is -0.748 e. The summed E-state index contributed by atoms with van der Waals surface area (Å²) in [6, 6.07) is 45.5. The van der Waals surface area contributed by atoms with E-state index in [4.69, 9.17) is 14.2 Å². The second-order valence-electron chi connectivity index (χ2n) is 9.90. The standard InChI is InChI=1S/C34H31NO6P.C5H5.Fe/c1-4-41-32(36)29(24-25-16-14-15-17-25)35-30(33(37)39-2)31(34(38)40-3)42(26-18-8-5-9-19-26,27-20-10-6-11-21-27)28-22-12-7-13-23-28;1-2-4-5-3-1;/h5-24H,4H2,1-3H3;1-5H;/q-1;-5;. The third-order valence-corrected chi connectivity index (χ3v) is 11.3. The van der Waals surface area contributed by atoms with Crippen molar-refractivity contribution in [2.45, 2.75) is 6.92 Å². The second kappa shape index (κ2) is 19.0. The van der Waals surface area contributed by atoms with Gasteiger partial charge in [0.1, 0.15) is 5.29 Å². The van der Waals surface area contributed by atoms with Gasteiger partial charge in [-0.2, -0.15) is 12.1 Å². The van der Waals surface area contributed by atoms with Crippen LogP contribution in [0.5, 0.6) is 0 Å². The predicted octanol–water partition coefficient (Wildman–Crippen LogP) is 5.67. The molecule has 252 valence electrons. The number of nitrogens with zero attached hydrogens (tertiary/aromatic N) is 1. The molecule has 0 spiro atoms. The first-order chi connectivity index (χ1) is 23.0. The molecule has 0 fully saturated rings. The van der Waals surface area contributed by atoms with E-state index in [2.05, 4.69) is 4.99 Å². The fraction of sp³-hybridized carbons (Fsp3) is 0.103. The van der Waals surface area contributed by atoms with E-state index in [0.717, 1.165) is 15.9 Å². The molecule has 0 aliphatic carbocycles. The summed E-state index contributed by atoms with van der Waals surface area (Å²) in [5.74, 6) is -2.44. The summed E-state index contributed by atoms with van der Waals surface area (Å²) in [4.78, 5) is 45.5. The zero-order chi connectivity index (χ0) is 33.5. The molecule has 0 unspecified atom stereocenters. The van der Waals surface area contributed by atoms with Crippen molar-refractivity contribution in [3.63, 3.8) is 0 Å². The van der Waals surface area contributed by atoms with Crippen molar-refractivity contribution in [1.29, 1.82) is 0 Å². The second-order valence-corrected chi connectivity index (χ2v) is 13.2. The molecule has 0 bridgehead atoms. The van der Waals surface area contributed by atoms with Crippen LogP contribution < -0.4 is 15.9 Å². The number of methoxy groups -OCH3 is 2. The number of rotatable bonds is 10. The predicted molar refractivity (Wildman–Crippen MR) is 190 cm³/mol. The normalized spacial score (nSPS) is 11.2. The van der Waals surface area contributed by atoms with Gasteiger partial charge < -0.3 is 44.5 Å². The van der Waals surface area contributed by atoms with Crippen molar-refractivity contribution in [3.05, 3.63) is 157 Å². The van der Waals surface area contributed by atoms with Crippen molar-refractivity contribution in [1.82, 2.24) is 0 Å². The van der Waals surface area contributed by atoms with Crippen LogP contribution in [0.15, 0.2) is 156 Å². The van der Waals surface area contributed by atoms with Gasteiger partial charge in [0.25, 0.3) is 0 Å². The summed E-state index contributed by atoms with van der Waals surface area (Å²) in [7, 11) is 2.45. The third kappa shape index (κ3) is 8.87. The average Bonchev–Trinajstić information content (AvgIpc) is 3.88. The Balaban J connectivity index is 0.000000952. The Morgan fingerprint density at radius 2 is 1.08 bits per heavy atom. The first-order valence-electron chi connectivity index (χ1n) is 14.9. The monoisotopic (exact) mass is 701 g/mol. The molecule has 0 atom stereocenters. The summed E-state index contributed by atoms with van der Waals surface area (Å²) in [5.41, 5.74) is 0.151. The number of hydrogen-bond acceptors (Lipinski definition) is 7. The van der Waals surface area contributed by atoms with E-state index in [1.807, 2.05) is 133 Å². The molecule has 0 amide bonds. The fourth-order valence-corrected chi connectivity index (χ4v) is 9.35. The van der Waals surface area contributed by atoms with Crippen LogP contribution in [0, 0.1) is 0 Å². The van der Waals surface area contributed by atoms with E-state index in [-0.39, 0.29) is 40.4 Å². The van der Waals surface area contributed by atoms with E-state index in [1.165, 1.54) is 20.3 Å². The summed E-state index contributed by atoms with van der Waals surface area (Å²) < 4.78 is 15.9. The van der Waals surface area contributed by atoms with Crippen LogP contribution in [0.25, 0.3) is 6.08 Å². The Morgan fingerprint density at radius 1 is 0.667 bits per heavy atom. The van der Waals surface area contributed by atoms with Gasteiger partial charge in [0.2, 0.25) is 0 Å². The number of carbonyl (C=O) groups excluding carboxylic acids is 3. The minimum atomic E-state index is -3.20. The SMILES string of the molecule is CCOC(=O)C(=C[c-]1cccc1)N=C(C(=O)OC)C(C(=O)OC)=P(c1ccccc1)(c1ccccc1)c1ccccc1.[Fe].[cH-]1[cH-][cH-][cH-][cH-]1. The maximum Gasteiger partial charge on any atom is 0.356 e. The van der Waals surface area contributed by atoms with Gasteiger partial charge in [0, 0.05) is 17.1 Å². The molecule has 0 saturated heterocycles. The van der Waals surface area contributed by atoms with Crippen molar-refractivity contribution in [2.75, 3.05) is 20.8 Å². The first kappa shape index (κ1) is 37.5. The van der Waals surface area contributed by atoms with Crippen LogP contribution in [-0.2, 0) is 45.7 Å². The van der Waals surface area contributed by atoms with E-state index < -0.39 is 24.8 Å². The Hall–Kier alpha value is -5.00. The van der Waals surface area contributed by atoms with Crippen molar-refractivity contribution < 1.29 is 45.7 Å². The van der Waals surface area contributed by atoms with Crippen molar-refractivity contribution >= 4 is 57.8 Å². The van der Waals surface area contributed by atoms with Gasteiger partial charge in [-0.1, -0.05) is 91.0 Å². The minimum absolute atomic E-state index is 0. The molecule has 7 nitrogen and oxygen atoms in total. The quantitative estimate of drug-likeness (QED) is 0.0355. The van der Waals surface area contributed by atoms with Crippen LogP contribution in [0.1, 0.15) is 12.5 Å². The van der Waals surface area contributed by atoms with Crippen LogP contribution in [-0.4, -0.2) is 49.7 Å². The molecule has 0 heterocycles. The maximum atomic E-state index is 14.1. The summed E-state index contributed by atoms with van der Waals surface area (Å²) in [5, 5.41) is 2.31. The van der Waals surface area contributed by atoms with Gasteiger partial charge in [-0.3, -0.25) is 9.79 Å². The van der Waals surface area contributed by atoms with Gasteiger partial charge in [-0.25, -0.2) is 9.59 Å². The van der Waals surface area contributed by atoms with Crippen molar-refractivity contribution in [2.24, 2.45) is 4.99 Å². The molecule has 9 heteroatoms. The molecular formula is C39H36FeNO6P-6. The Morgan fingerprint density at radius 3 is 1.46 bits per heavy atom. The van der Waals surface area contributed by atoms with Crippen LogP contribution in [0.4, 0.5) is 0 Å². The molecule has 0 N–H and O–H groups in total. The summed E-state index contributed by atoms with van der Waals surface area (Å²) in [6.07, 6.45) is 1.50. The molecule has 0 aliphatic heterocycles. The number of hydrogen-bond donors (Lipinski definition) is 0. The van der Waals surface area contributed by atoms with Crippen LogP contribution >= 0.6 is 6.89 Å². The van der Waals surface area contributed by atoms with Crippen LogP contribution in [0.3, 0.4) is 0 Å².